The summed E-state index contributed by atoms with van der Waals surface area (Å²) in [4.78, 5) is 7.24. The third-order valence-electron chi connectivity index (χ3n) is 5.87. The largest absolute Gasteiger partial charge is 0.493 e. The Balaban J connectivity index is 0.00000320. The van der Waals surface area contributed by atoms with Gasteiger partial charge in [-0.2, -0.15) is 0 Å². The summed E-state index contributed by atoms with van der Waals surface area (Å²) < 4.78 is 11.6. The number of guanidine groups is 1. The topological polar surface area (TPSA) is 58.1 Å². The predicted octanol–water partition coefficient (Wildman–Crippen LogP) is 3.43. The van der Waals surface area contributed by atoms with Crippen LogP contribution >= 0.6 is 24.0 Å². The highest BCUT2D eigenvalue weighted by molar-refractivity contribution is 14.0. The fourth-order valence-corrected chi connectivity index (χ4v) is 3.86. The monoisotopic (exact) mass is 530 g/mol. The Bertz CT molecular complexity index is 657. The zero-order chi connectivity index (χ0) is 20.5. The first-order valence-electron chi connectivity index (χ1n) is 11.1. The number of benzene rings is 1. The number of ether oxygens (including phenoxy) is 2. The zero-order valence-corrected chi connectivity index (χ0v) is 21.1. The minimum Gasteiger partial charge on any atom is -0.493 e. The van der Waals surface area contributed by atoms with Crippen molar-refractivity contribution in [2.24, 2.45) is 16.8 Å². The number of aryl methyl sites for hydroxylation is 1. The van der Waals surface area contributed by atoms with Crippen molar-refractivity contribution in [1.29, 1.82) is 0 Å². The highest BCUT2D eigenvalue weighted by Crippen LogP contribution is 2.23. The molecule has 2 aliphatic rings. The molecule has 1 atom stereocenters. The molecule has 170 valence electrons. The maximum atomic E-state index is 6.16. The Morgan fingerprint density at radius 1 is 1.20 bits per heavy atom. The Morgan fingerprint density at radius 2 is 2.00 bits per heavy atom. The molecule has 0 radical (unpaired) electrons. The Hall–Kier alpha value is -1.06. The van der Waals surface area contributed by atoms with E-state index in [1.807, 2.05) is 0 Å². The van der Waals surface area contributed by atoms with E-state index in [2.05, 4.69) is 54.6 Å². The molecule has 1 aromatic carbocycles. The van der Waals surface area contributed by atoms with E-state index >= 15 is 0 Å². The van der Waals surface area contributed by atoms with Crippen LogP contribution in [-0.4, -0.2) is 63.9 Å². The molecule has 2 heterocycles. The van der Waals surface area contributed by atoms with Crippen LogP contribution in [0.5, 0.6) is 5.75 Å². The molecule has 1 aromatic rings. The first-order valence-corrected chi connectivity index (χ1v) is 11.1. The van der Waals surface area contributed by atoms with E-state index in [0.717, 1.165) is 55.9 Å². The van der Waals surface area contributed by atoms with Gasteiger partial charge in [0.15, 0.2) is 5.96 Å². The van der Waals surface area contributed by atoms with Gasteiger partial charge in [0, 0.05) is 31.2 Å². The number of aliphatic imine (C=N–C) groups is 1. The van der Waals surface area contributed by atoms with Crippen LogP contribution in [0.15, 0.2) is 23.2 Å². The summed E-state index contributed by atoms with van der Waals surface area (Å²) in [5, 5.41) is 6.93. The molecular formula is C23H39IN4O2. The molecule has 7 heteroatoms. The van der Waals surface area contributed by atoms with Crippen LogP contribution < -0.4 is 15.4 Å². The van der Waals surface area contributed by atoms with Gasteiger partial charge in [0.25, 0.3) is 0 Å². The van der Waals surface area contributed by atoms with Crippen molar-refractivity contribution in [2.75, 3.05) is 53.0 Å². The number of likely N-dealkylation sites (tertiary alicyclic amines) is 1. The quantitative estimate of drug-likeness (QED) is 0.307. The fraction of sp³-hybridized carbons (Fsp3) is 0.696. The number of halogens is 1. The van der Waals surface area contributed by atoms with E-state index in [1.165, 1.54) is 31.5 Å². The third kappa shape index (κ3) is 8.23. The van der Waals surface area contributed by atoms with E-state index < -0.39 is 0 Å². The lowest BCUT2D eigenvalue weighted by Crippen LogP contribution is -2.42. The summed E-state index contributed by atoms with van der Waals surface area (Å²) in [5.74, 6) is 3.07. The van der Waals surface area contributed by atoms with Crippen LogP contribution in [-0.2, 0) is 11.3 Å². The number of hydrogen-bond acceptors (Lipinski definition) is 4. The molecule has 2 aliphatic heterocycles. The molecule has 30 heavy (non-hydrogen) atoms. The predicted molar refractivity (Wildman–Crippen MR) is 134 cm³/mol. The normalized spacial score (nSPS) is 20.6. The molecule has 0 saturated carbocycles. The minimum absolute atomic E-state index is 0. The van der Waals surface area contributed by atoms with Gasteiger partial charge in [-0.05, 0) is 70.8 Å². The summed E-state index contributed by atoms with van der Waals surface area (Å²) in [5.41, 5.74) is 2.34. The molecule has 6 nitrogen and oxygen atoms in total. The first kappa shape index (κ1) is 25.2. The minimum atomic E-state index is 0. The second-order valence-corrected chi connectivity index (χ2v) is 8.47. The third-order valence-corrected chi connectivity index (χ3v) is 5.87. The van der Waals surface area contributed by atoms with Crippen molar-refractivity contribution in [2.45, 2.75) is 39.7 Å². The lowest BCUT2D eigenvalue weighted by Gasteiger charge is -2.29. The summed E-state index contributed by atoms with van der Waals surface area (Å²) in [6.45, 7) is 11.4. The molecule has 0 bridgehead atoms. The van der Waals surface area contributed by atoms with E-state index in [0.29, 0.717) is 19.1 Å². The van der Waals surface area contributed by atoms with E-state index in [4.69, 9.17) is 14.5 Å². The van der Waals surface area contributed by atoms with E-state index in [1.54, 1.807) is 0 Å². The van der Waals surface area contributed by atoms with Gasteiger partial charge in [-0.3, -0.25) is 0 Å². The van der Waals surface area contributed by atoms with Crippen molar-refractivity contribution in [1.82, 2.24) is 15.5 Å². The molecule has 2 N–H and O–H groups in total. The van der Waals surface area contributed by atoms with Gasteiger partial charge in [-0.1, -0.05) is 12.1 Å². The van der Waals surface area contributed by atoms with Crippen molar-refractivity contribution in [3.8, 4) is 5.75 Å². The smallest absolute Gasteiger partial charge is 0.191 e. The fourth-order valence-electron chi connectivity index (χ4n) is 3.86. The second kappa shape index (κ2) is 13.4. The lowest BCUT2D eigenvalue weighted by atomic mass is 9.97. The van der Waals surface area contributed by atoms with Gasteiger partial charge in [0.2, 0.25) is 0 Å². The number of nitrogens with zero attached hydrogens (tertiary/aromatic N) is 2. The molecular weight excluding hydrogens is 491 g/mol. The van der Waals surface area contributed by atoms with Gasteiger partial charge >= 0.3 is 0 Å². The van der Waals surface area contributed by atoms with E-state index in [9.17, 15) is 0 Å². The Kier molecular flexibility index (Phi) is 11.2. The van der Waals surface area contributed by atoms with Crippen LogP contribution in [0.4, 0.5) is 0 Å². The van der Waals surface area contributed by atoms with Gasteiger partial charge < -0.3 is 25.0 Å². The molecule has 2 saturated heterocycles. The molecule has 2 fully saturated rings. The average Bonchev–Trinajstić information content (AvgIpc) is 3.24. The summed E-state index contributed by atoms with van der Waals surface area (Å²) in [6.07, 6.45) is 3.60. The Labute approximate surface area is 199 Å². The SMILES string of the molecule is CCNC(=NCc1ccc(C)cc1OCC1CCOC1)NCC1CCN(C)CC1.I. The van der Waals surface area contributed by atoms with Crippen molar-refractivity contribution in [3.05, 3.63) is 29.3 Å². The van der Waals surface area contributed by atoms with Gasteiger partial charge in [-0.15, -0.1) is 24.0 Å². The second-order valence-electron chi connectivity index (χ2n) is 8.47. The molecule has 0 spiro atoms. The van der Waals surface area contributed by atoms with Crippen LogP contribution in [0, 0.1) is 18.8 Å². The Morgan fingerprint density at radius 3 is 2.70 bits per heavy atom. The average molecular weight is 530 g/mol. The number of nitrogens with one attached hydrogen (secondary N) is 2. The van der Waals surface area contributed by atoms with Gasteiger partial charge in [0.05, 0.1) is 19.8 Å². The van der Waals surface area contributed by atoms with Crippen LogP contribution in [0.2, 0.25) is 0 Å². The van der Waals surface area contributed by atoms with Crippen LogP contribution in [0.25, 0.3) is 0 Å². The summed E-state index contributed by atoms with van der Waals surface area (Å²) in [6, 6.07) is 6.40. The lowest BCUT2D eigenvalue weighted by molar-refractivity contribution is 0.166. The zero-order valence-electron chi connectivity index (χ0n) is 18.8. The molecule has 3 rings (SSSR count). The summed E-state index contributed by atoms with van der Waals surface area (Å²) in [7, 11) is 2.20. The first-order chi connectivity index (χ1) is 14.1. The van der Waals surface area contributed by atoms with Gasteiger partial charge in [0.1, 0.15) is 5.75 Å². The van der Waals surface area contributed by atoms with E-state index in [-0.39, 0.29) is 24.0 Å². The summed E-state index contributed by atoms with van der Waals surface area (Å²) >= 11 is 0. The van der Waals surface area contributed by atoms with Crippen molar-refractivity contribution < 1.29 is 9.47 Å². The van der Waals surface area contributed by atoms with Crippen LogP contribution in [0.3, 0.4) is 0 Å². The van der Waals surface area contributed by atoms with Crippen molar-refractivity contribution >= 4 is 29.9 Å². The highest BCUT2D eigenvalue weighted by Gasteiger charge is 2.18. The maximum Gasteiger partial charge on any atom is 0.191 e. The maximum absolute atomic E-state index is 6.16. The molecule has 0 aromatic heterocycles. The van der Waals surface area contributed by atoms with Crippen LogP contribution in [0.1, 0.15) is 37.3 Å². The standard InChI is InChI=1S/C23H38N4O2.HI/c1-4-24-23(25-14-19-7-10-27(3)11-8-19)26-15-21-6-5-18(2)13-22(21)29-17-20-9-12-28-16-20;/h5-6,13,19-20H,4,7-12,14-17H2,1-3H3,(H2,24,25,26);1H. The number of hydrogen-bond donors (Lipinski definition) is 2. The highest BCUT2D eigenvalue weighted by atomic mass is 127. The van der Waals surface area contributed by atoms with Gasteiger partial charge in [-0.25, -0.2) is 4.99 Å². The number of rotatable bonds is 8. The number of piperidine rings is 1. The molecule has 0 aliphatic carbocycles. The van der Waals surface area contributed by atoms with Crippen molar-refractivity contribution in [3.63, 3.8) is 0 Å². The molecule has 0 amide bonds. The molecule has 1 unspecified atom stereocenters.